The van der Waals surface area contributed by atoms with Gasteiger partial charge in [-0.05, 0) is 14.0 Å². The van der Waals surface area contributed by atoms with Gasteiger partial charge in [0, 0.05) is 39.1 Å². The van der Waals surface area contributed by atoms with E-state index in [1.165, 1.54) is 0 Å². The van der Waals surface area contributed by atoms with Crippen LogP contribution in [0.2, 0.25) is 0 Å². The van der Waals surface area contributed by atoms with Crippen molar-refractivity contribution in [2.75, 3.05) is 33.8 Å². The lowest BCUT2D eigenvalue weighted by molar-refractivity contribution is -0.136. The topological polar surface area (TPSA) is 61.5 Å². The number of imidazole rings is 1. The van der Waals surface area contributed by atoms with Gasteiger partial charge in [-0.25, -0.2) is 4.98 Å². The summed E-state index contributed by atoms with van der Waals surface area (Å²) < 4.78 is 5.16. The second-order valence-corrected chi connectivity index (χ2v) is 5.06. The summed E-state index contributed by atoms with van der Waals surface area (Å²) in [5.74, 6) is 1.07. The van der Waals surface area contributed by atoms with E-state index in [1.807, 2.05) is 18.0 Å². The molecule has 1 aromatic heterocycles. The molecule has 0 spiro atoms. The van der Waals surface area contributed by atoms with Crippen molar-refractivity contribution in [3.05, 3.63) is 18.2 Å². The number of hydrogen-bond donors (Lipinski definition) is 1. The first-order valence-electron chi connectivity index (χ1n) is 6.62. The normalized spacial score (nSPS) is 22.5. The van der Waals surface area contributed by atoms with Crippen molar-refractivity contribution in [3.63, 3.8) is 0 Å². The Balaban J connectivity index is 1.99. The fourth-order valence-electron chi connectivity index (χ4n) is 2.31. The van der Waals surface area contributed by atoms with Crippen molar-refractivity contribution in [2.45, 2.75) is 25.5 Å². The zero-order valence-corrected chi connectivity index (χ0v) is 11.8. The molecule has 1 saturated heterocycles. The summed E-state index contributed by atoms with van der Waals surface area (Å²) in [6, 6.07) is 0.144. The van der Waals surface area contributed by atoms with Gasteiger partial charge in [0.1, 0.15) is 5.82 Å². The van der Waals surface area contributed by atoms with Crippen LogP contribution in [0.1, 0.15) is 25.2 Å². The van der Waals surface area contributed by atoms with Crippen LogP contribution in [0.4, 0.5) is 0 Å². The maximum absolute atomic E-state index is 12.2. The Labute approximate surface area is 113 Å². The fourth-order valence-corrected chi connectivity index (χ4v) is 2.31. The van der Waals surface area contributed by atoms with E-state index in [0.717, 1.165) is 18.9 Å². The van der Waals surface area contributed by atoms with Crippen molar-refractivity contribution in [1.82, 2.24) is 19.8 Å². The van der Waals surface area contributed by atoms with Crippen molar-refractivity contribution < 1.29 is 9.53 Å². The van der Waals surface area contributed by atoms with E-state index < -0.39 is 0 Å². The SMILES string of the molecule is COC(C)CC(=O)N1CCN(C)C(c2ncc[nH]2)C1. The molecule has 0 aliphatic carbocycles. The van der Waals surface area contributed by atoms with Gasteiger partial charge in [-0.1, -0.05) is 0 Å². The second kappa shape index (κ2) is 6.16. The van der Waals surface area contributed by atoms with Crippen LogP contribution in [0, 0.1) is 0 Å². The molecule has 2 rings (SSSR count). The van der Waals surface area contributed by atoms with Gasteiger partial charge in [-0.2, -0.15) is 0 Å². The Bertz CT molecular complexity index is 407. The number of aromatic nitrogens is 2. The van der Waals surface area contributed by atoms with Crippen molar-refractivity contribution in [2.24, 2.45) is 0 Å². The predicted molar refractivity (Wildman–Crippen MR) is 71.6 cm³/mol. The summed E-state index contributed by atoms with van der Waals surface area (Å²) in [6.07, 6.45) is 3.97. The van der Waals surface area contributed by atoms with Crippen molar-refractivity contribution in [3.8, 4) is 0 Å². The lowest BCUT2D eigenvalue weighted by Gasteiger charge is -2.38. The number of hydrogen-bond acceptors (Lipinski definition) is 4. The summed E-state index contributed by atoms with van der Waals surface area (Å²) in [7, 11) is 3.69. The molecule has 1 aromatic rings. The van der Waals surface area contributed by atoms with Crippen molar-refractivity contribution in [1.29, 1.82) is 0 Å². The van der Waals surface area contributed by atoms with Gasteiger partial charge in [0.2, 0.25) is 5.91 Å². The lowest BCUT2D eigenvalue weighted by atomic mass is 10.1. The summed E-state index contributed by atoms with van der Waals surface area (Å²) in [4.78, 5) is 23.8. The van der Waals surface area contributed by atoms with Crippen LogP contribution in [-0.4, -0.2) is 65.6 Å². The number of rotatable bonds is 4. The number of amides is 1. The summed E-state index contributed by atoms with van der Waals surface area (Å²) >= 11 is 0. The molecule has 1 N–H and O–H groups in total. The molecule has 0 aromatic carbocycles. The molecule has 1 fully saturated rings. The molecule has 1 aliphatic rings. The fraction of sp³-hybridized carbons (Fsp3) is 0.692. The molecule has 0 saturated carbocycles. The average molecular weight is 266 g/mol. The quantitative estimate of drug-likeness (QED) is 0.869. The minimum Gasteiger partial charge on any atom is -0.381 e. The van der Waals surface area contributed by atoms with E-state index in [2.05, 4.69) is 21.9 Å². The molecule has 2 unspecified atom stereocenters. The van der Waals surface area contributed by atoms with Gasteiger partial charge in [-0.15, -0.1) is 0 Å². The summed E-state index contributed by atoms with van der Waals surface area (Å²) in [5, 5.41) is 0. The predicted octanol–water partition coefficient (Wildman–Crippen LogP) is 0.650. The number of ether oxygens (including phenoxy) is 1. The Morgan fingerprint density at radius 3 is 3.05 bits per heavy atom. The second-order valence-electron chi connectivity index (χ2n) is 5.06. The lowest BCUT2D eigenvalue weighted by Crippen LogP contribution is -2.49. The van der Waals surface area contributed by atoms with Crippen LogP contribution in [-0.2, 0) is 9.53 Å². The molecular weight excluding hydrogens is 244 g/mol. The van der Waals surface area contributed by atoms with Gasteiger partial charge in [0.05, 0.1) is 18.6 Å². The van der Waals surface area contributed by atoms with Crippen LogP contribution in [0.15, 0.2) is 12.4 Å². The molecule has 0 radical (unpaired) electrons. The van der Waals surface area contributed by atoms with Crippen LogP contribution in [0.25, 0.3) is 0 Å². The van der Waals surface area contributed by atoms with Crippen LogP contribution < -0.4 is 0 Å². The Kier molecular flexibility index (Phi) is 4.55. The number of likely N-dealkylation sites (N-methyl/N-ethyl adjacent to an activating group) is 1. The van der Waals surface area contributed by atoms with Gasteiger partial charge < -0.3 is 14.6 Å². The Morgan fingerprint density at radius 1 is 1.63 bits per heavy atom. The molecule has 0 bridgehead atoms. The smallest absolute Gasteiger partial charge is 0.225 e. The molecule has 1 aliphatic heterocycles. The molecular formula is C13H22N4O2. The van der Waals surface area contributed by atoms with E-state index in [9.17, 15) is 4.79 Å². The third-order valence-electron chi connectivity index (χ3n) is 3.70. The number of nitrogens with zero attached hydrogens (tertiary/aromatic N) is 3. The number of piperazine rings is 1. The first-order chi connectivity index (χ1) is 9.11. The molecule has 19 heavy (non-hydrogen) atoms. The molecule has 1 amide bonds. The number of carbonyl (C=O) groups excluding carboxylic acids is 1. The first-order valence-corrected chi connectivity index (χ1v) is 6.62. The van der Waals surface area contributed by atoms with Gasteiger partial charge in [-0.3, -0.25) is 9.69 Å². The highest BCUT2D eigenvalue weighted by Gasteiger charge is 2.30. The first kappa shape index (κ1) is 14.0. The number of methoxy groups -OCH3 is 1. The average Bonchev–Trinajstić information content (AvgIpc) is 2.92. The number of nitrogens with one attached hydrogen (secondary N) is 1. The van der Waals surface area contributed by atoms with Gasteiger partial charge in [0.15, 0.2) is 0 Å². The number of carbonyl (C=O) groups is 1. The Morgan fingerprint density at radius 2 is 2.42 bits per heavy atom. The minimum absolute atomic E-state index is 0.0331. The maximum atomic E-state index is 12.2. The minimum atomic E-state index is -0.0331. The van der Waals surface area contributed by atoms with Crippen molar-refractivity contribution >= 4 is 5.91 Å². The van der Waals surface area contributed by atoms with Crippen LogP contribution in [0.3, 0.4) is 0 Å². The van der Waals surface area contributed by atoms with Crippen LogP contribution >= 0.6 is 0 Å². The monoisotopic (exact) mass is 266 g/mol. The Hall–Kier alpha value is -1.40. The molecule has 6 nitrogen and oxygen atoms in total. The zero-order valence-electron chi connectivity index (χ0n) is 11.8. The molecule has 2 atom stereocenters. The molecule has 2 heterocycles. The largest absolute Gasteiger partial charge is 0.381 e. The number of H-pyrrole nitrogens is 1. The molecule has 6 heteroatoms. The standard InChI is InChI=1S/C13H22N4O2/c1-10(19-3)8-12(18)17-7-6-16(2)11(9-17)13-14-4-5-15-13/h4-5,10-11H,6-9H2,1-3H3,(H,14,15). The molecule has 106 valence electrons. The highest BCUT2D eigenvalue weighted by atomic mass is 16.5. The highest BCUT2D eigenvalue weighted by molar-refractivity contribution is 5.76. The van der Waals surface area contributed by atoms with Gasteiger partial charge >= 0.3 is 0 Å². The third kappa shape index (κ3) is 3.33. The van der Waals surface area contributed by atoms with Crippen LogP contribution in [0.5, 0.6) is 0 Å². The van der Waals surface area contributed by atoms with E-state index >= 15 is 0 Å². The van der Waals surface area contributed by atoms with E-state index in [1.54, 1.807) is 13.3 Å². The zero-order chi connectivity index (χ0) is 13.8. The van der Waals surface area contributed by atoms with E-state index in [-0.39, 0.29) is 18.1 Å². The van der Waals surface area contributed by atoms with Gasteiger partial charge in [0.25, 0.3) is 0 Å². The summed E-state index contributed by atoms with van der Waals surface area (Å²) in [6.45, 7) is 4.22. The van der Waals surface area contributed by atoms with E-state index in [0.29, 0.717) is 13.0 Å². The third-order valence-corrected chi connectivity index (χ3v) is 3.70. The van der Waals surface area contributed by atoms with E-state index in [4.69, 9.17) is 4.74 Å². The maximum Gasteiger partial charge on any atom is 0.225 e. The number of aromatic amines is 1. The summed E-state index contributed by atoms with van der Waals surface area (Å²) in [5.41, 5.74) is 0. The highest BCUT2D eigenvalue weighted by Crippen LogP contribution is 2.21.